The van der Waals surface area contributed by atoms with Crippen LogP contribution in [0.1, 0.15) is 12.8 Å². The molecule has 15 heavy (non-hydrogen) atoms. The third kappa shape index (κ3) is 2.48. The molecule has 0 bridgehead atoms. The number of rotatable bonds is 2. The Hall–Kier alpha value is -0.650. The van der Waals surface area contributed by atoms with Crippen molar-refractivity contribution in [1.82, 2.24) is 15.5 Å². The van der Waals surface area contributed by atoms with Gasteiger partial charge < -0.3 is 9.64 Å². The van der Waals surface area contributed by atoms with E-state index in [1.54, 1.807) is 7.11 Å². The Balaban J connectivity index is 1.81. The van der Waals surface area contributed by atoms with Gasteiger partial charge in [-0.05, 0) is 12.8 Å². The minimum Gasteiger partial charge on any atom is -0.381 e. The fourth-order valence-corrected chi connectivity index (χ4v) is 2.17. The highest BCUT2D eigenvalue weighted by molar-refractivity contribution is 5.81. The number of piperidine rings is 1. The first-order valence-corrected chi connectivity index (χ1v) is 5.59. The van der Waals surface area contributed by atoms with E-state index in [4.69, 9.17) is 4.74 Å². The van der Waals surface area contributed by atoms with E-state index in [0.29, 0.717) is 6.10 Å². The zero-order chi connectivity index (χ0) is 10.7. The summed E-state index contributed by atoms with van der Waals surface area (Å²) < 4.78 is 5.28. The largest absolute Gasteiger partial charge is 0.381 e. The van der Waals surface area contributed by atoms with Gasteiger partial charge in [0.15, 0.2) is 0 Å². The van der Waals surface area contributed by atoms with Crippen molar-refractivity contribution in [2.45, 2.75) is 25.1 Å². The number of hydrogen-bond acceptors (Lipinski definition) is 4. The van der Waals surface area contributed by atoms with Crippen LogP contribution >= 0.6 is 0 Å². The molecule has 2 aliphatic heterocycles. The Morgan fingerprint density at radius 1 is 1.27 bits per heavy atom. The normalized spacial score (nSPS) is 24.7. The Morgan fingerprint density at radius 2 is 1.87 bits per heavy atom. The van der Waals surface area contributed by atoms with Crippen molar-refractivity contribution >= 4 is 5.91 Å². The van der Waals surface area contributed by atoms with Crippen molar-refractivity contribution in [1.29, 1.82) is 0 Å². The second kappa shape index (κ2) is 4.92. The van der Waals surface area contributed by atoms with E-state index in [1.807, 2.05) is 4.90 Å². The van der Waals surface area contributed by atoms with Gasteiger partial charge in [-0.15, -0.1) is 0 Å². The molecule has 5 nitrogen and oxygen atoms in total. The van der Waals surface area contributed by atoms with Crippen LogP contribution in [0, 0.1) is 0 Å². The highest BCUT2D eigenvalue weighted by Gasteiger charge is 2.29. The molecule has 0 aromatic heterocycles. The fourth-order valence-electron chi connectivity index (χ4n) is 2.17. The lowest BCUT2D eigenvalue weighted by Gasteiger charge is -2.32. The lowest BCUT2D eigenvalue weighted by molar-refractivity contribution is -0.135. The smallest absolute Gasteiger partial charge is 0.254 e. The second-order valence-corrected chi connectivity index (χ2v) is 4.10. The first-order chi connectivity index (χ1) is 7.31. The average Bonchev–Trinajstić information content (AvgIpc) is 2.82. The molecule has 86 valence electrons. The van der Waals surface area contributed by atoms with Gasteiger partial charge in [0.25, 0.3) is 5.91 Å². The predicted molar refractivity (Wildman–Crippen MR) is 56.4 cm³/mol. The first kappa shape index (κ1) is 10.9. The van der Waals surface area contributed by atoms with Gasteiger partial charge in [0.2, 0.25) is 0 Å². The minimum atomic E-state index is -0.163. The van der Waals surface area contributed by atoms with Crippen molar-refractivity contribution in [3.63, 3.8) is 0 Å². The number of methoxy groups -OCH3 is 1. The maximum Gasteiger partial charge on any atom is 0.254 e. The summed E-state index contributed by atoms with van der Waals surface area (Å²) in [5.41, 5.74) is 0. The molecular formula is C10H19N3O2. The van der Waals surface area contributed by atoms with Gasteiger partial charge in [-0.1, -0.05) is 0 Å². The highest BCUT2D eigenvalue weighted by atomic mass is 16.5. The molecule has 0 radical (unpaired) electrons. The SMILES string of the molecule is COC1CCN(C(=O)C2NCCN2)CC1. The molecule has 0 aliphatic carbocycles. The van der Waals surface area contributed by atoms with E-state index in [-0.39, 0.29) is 12.1 Å². The monoisotopic (exact) mass is 213 g/mol. The average molecular weight is 213 g/mol. The number of hydrogen-bond donors (Lipinski definition) is 2. The second-order valence-electron chi connectivity index (χ2n) is 4.10. The Kier molecular flexibility index (Phi) is 3.56. The van der Waals surface area contributed by atoms with E-state index in [9.17, 15) is 4.79 Å². The van der Waals surface area contributed by atoms with Crippen LogP contribution in [-0.4, -0.2) is 56.4 Å². The molecular weight excluding hydrogens is 194 g/mol. The van der Waals surface area contributed by atoms with Gasteiger partial charge in [-0.2, -0.15) is 0 Å². The van der Waals surface area contributed by atoms with E-state index >= 15 is 0 Å². The third-order valence-corrected chi connectivity index (χ3v) is 3.16. The summed E-state index contributed by atoms with van der Waals surface area (Å²) in [6.45, 7) is 3.39. The molecule has 2 rings (SSSR count). The van der Waals surface area contributed by atoms with Gasteiger partial charge >= 0.3 is 0 Å². The van der Waals surface area contributed by atoms with Gasteiger partial charge in [0.1, 0.15) is 6.17 Å². The molecule has 2 fully saturated rings. The highest BCUT2D eigenvalue weighted by Crippen LogP contribution is 2.13. The molecule has 2 heterocycles. The minimum absolute atomic E-state index is 0.163. The number of carbonyl (C=O) groups is 1. The van der Waals surface area contributed by atoms with Crippen LogP contribution in [0.15, 0.2) is 0 Å². The summed E-state index contributed by atoms with van der Waals surface area (Å²) in [6, 6.07) is 0. The Morgan fingerprint density at radius 3 is 2.40 bits per heavy atom. The van der Waals surface area contributed by atoms with E-state index in [0.717, 1.165) is 39.0 Å². The quantitative estimate of drug-likeness (QED) is 0.627. The maximum atomic E-state index is 12.0. The molecule has 0 unspecified atom stereocenters. The molecule has 0 aromatic carbocycles. The van der Waals surface area contributed by atoms with Gasteiger partial charge in [-0.25, -0.2) is 0 Å². The lowest BCUT2D eigenvalue weighted by atomic mass is 10.1. The molecule has 1 amide bonds. The Labute approximate surface area is 90.1 Å². The first-order valence-electron chi connectivity index (χ1n) is 5.59. The van der Waals surface area contributed by atoms with E-state index in [1.165, 1.54) is 0 Å². The number of nitrogens with one attached hydrogen (secondary N) is 2. The summed E-state index contributed by atoms with van der Waals surface area (Å²) in [7, 11) is 1.74. The van der Waals surface area contributed by atoms with Crippen LogP contribution < -0.4 is 10.6 Å². The predicted octanol–water partition coefficient (Wildman–Crippen LogP) is -0.857. The molecule has 2 saturated heterocycles. The van der Waals surface area contributed by atoms with Gasteiger partial charge in [0, 0.05) is 33.3 Å². The summed E-state index contributed by atoms with van der Waals surface area (Å²) >= 11 is 0. The standard InChI is InChI=1S/C10H19N3O2/c1-15-8-2-6-13(7-3-8)10(14)9-11-4-5-12-9/h8-9,11-12H,2-7H2,1H3. The van der Waals surface area contributed by atoms with Gasteiger partial charge in [0.05, 0.1) is 6.10 Å². The summed E-state index contributed by atoms with van der Waals surface area (Å²) in [5, 5.41) is 6.29. The van der Waals surface area contributed by atoms with Crippen LogP contribution in [0.3, 0.4) is 0 Å². The molecule has 5 heteroatoms. The van der Waals surface area contributed by atoms with Crippen molar-refractivity contribution in [3.8, 4) is 0 Å². The zero-order valence-corrected chi connectivity index (χ0v) is 9.16. The number of likely N-dealkylation sites (tertiary alicyclic amines) is 1. The van der Waals surface area contributed by atoms with Crippen LogP contribution in [0.2, 0.25) is 0 Å². The number of carbonyl (C=O) groups excluding carboxylic acids is 1. The maximum absolute atomic E-state index is 12.0. The Bertz CT molecular complexity index is 221. The van der Waals surface area contributed by atoms with Crippen molar-refractivity contribution in [3.05, 3.63) is 0 Å². The van der Waals surface area contributed by atoms with Crippen LogP contribution in [-0.2, 0) is 9.53 Å². The zero-order valence-electron chi connectivity index (χ0n) is 9.16. The molecule has 0 saturated carbocycles. The van der Waals surface area contributed by atoms with Crippen molar-refractivity contribution in [2.75, 3.05) is 33.3 Å². The molecule has 0 spiro atoms. The van der Waals surface area contributed by atoms with Crippen molar-refractivity contribution in [2.24, 2.45) is 0 Å². The van der Waals surface area contributed by atoms with Crippen LogP contribution in [0.4, 0.5) is 0 Å². The van der Waals surface area contributed by atoms with E-state index in [2.05, 4.69) is 10.6 Å². The molecule has 2 aliphatic rings. The summed E-state index contributed by atoms with van der Waals surface area (Å²) in [4.78, 5) is 13.9. The van der Waals surface area contributed by atoms with Crippen LogP contribution in [0.5, 0.6) is 0 Å². The van der Waals surface area contributed by atoms with Gasteiger partial charge in [-0.3, -0.25) is 15.4 Å². The molecule has 0 atom stereocenters. The number of ether oxygens (including phenoxy) is 1. The van der Waals surface area contributed by atoms with Crippen LogP contribution in [0.25, 0.3) is 0 Å². The topological polar surface area (TPSA) is 53.6 Å². The molecule has 2 N–H and O–H groups in total. The number of nitrogens with zero attached hydrogens (tertiary/aromatic N) is 1. The molecule has 0 aromatic rings. The van der Waals surface area contributed by atoms with Crippen molar-refractivity contribution < 1.29 is 9.53 Å². The summed E-state index contributed by atoms with van der Waals surface area (Å²) in [5.74, 6) is 0.182. The lowest BCUT2D eigenvalue weighted by Crippen LogP contribution is -2.51. The third-order valence-electron chi connectivity index (χ3n) is 3.16. The summed E-state index contributed by atoms with van der Waals surface area (Å²) in [6.07, 6.45) is 2.08. The van der Waals surface area contributed by atoms with E-state index < -0.39 is 0 Å². The fraction of sp³-hybridized carbons (Fsp3) is 0.900. The number of amides is 1.